The molecule has 144 valence electrons. The molecule has 26 heavy (non-hydrogen) atoms. The molecule has 0 bridgehead atoms. The van der Waals surface area contributed by atoms with Gasteiger partial charge >= 0.3 is 0 Å². The van der Waals surface area contributed by atoms with Gasteiger partial charge in [-0.25, -0.2) is 8.42 Å². The van der Waals surface area contributed by atoms with Gasteiger partial charge in [0.2, 0.25) is 10.0 Å². The number of sulfonamides is 1. The zero-order chi connectivity index (χ0) is 18.7. The highest BCUT2D eigenvalue weighted by Crippen LogP contribution is 2.27. The molecule has 1 atom stereocenters. The van der Waals surface area contributed by atoms with Gasteiger partial charge in [0.1, 0.15) is 0 Å². The van der Waals surface area contributed by atoms with E-state index in [4.69, 9.17) is 5.73 Å². The highest BCUT2D eigenvalue weighted by Gasteiger charge is 2.30. The van der Waals surface area contributed by atoms with Crippen molar-refractivity contribution in [2.24, 2.45) is 11.7 Å². The summed E-state index contributed by atoms with van der Waals surface area (Å²) in [4.78, 5) is 14.6. The van der Waals surface area contributed by atoms with Crippen LogP contribution in [0.2, 0.25) is 0 Å². The summed E-state index contributed by atoms with van der Waals surface area (Å²) in [7, 11) is -1.85. The minimum Gasteiger partial charge on any atom is -0.338 e. The van der Waals surface area contributed by atoms with Crippen LogP contribution in [-0.4, -0.2) is 56.3 Å². The van der Waals surface area contributed by atoms with Crippen molar-refractivity contribution in [3.8, 4) is 0 Å². The zero-order valence-electron chi connectivity index (χ0n) is 15.4. The number of rotatable bonds is 5. The fourth-order valence-electron chi connectivity index (χ4n) is 3.97. The number of hydrogen-bond acceptors (Lipinski definition) is 4. The SMILES string of the molecule is CN(C1CCCCC1)S(=O)(=O)c1ccc(C(=O)N2CCC(CN)C2)cc1. The number of carbonyl (C=O) groups is 1. The Morgan fingerprint density at radius 2 is 1.81 bits per heavy atom. The largest absolute Gasteiger partial charge is 0.338 e. The molecule has 2 N–H and O–H groups in total. The van der Waals surface area contributed by atoms with Crippen LogP contribution in [0.3, 0.4) is 0 Å². The second-order valence-electron chi connectivity index (χ2n) is 7.48. The van der Waals surface area contributed by atoms with Gasteiger partial charge < -0.3 is 10.6 Å². The summed E-state index contributed by atoms with van der Waals surface area (Å²) in [6.07, 6.45) is 6.12. The smallest absolute Gasteiger partial charge is 0.253 e. The molecule has 1 unspecified atom stereocenters. The molecule has 1 saturated heterocycles. The van der Waals surface area contributed by atoms with E-state index in [0.29, 0.717) is 31.1 Å². The number of benzene rings is 1. The Bertz CT molecular complexity index is 727. The molecule has 1 aliphatic heterocycles. The Morgan fingerprint density at radius 3 is 2.38 bits per heavy atom. The molecular formula is C19H29N3O3S. The van der Waals surface area contributed by atoms with Crippen LogP contribution >= 0.6 is 0 Å². The third-order valence-electron chi connectivity index (χ3n) is 5.77. The van der Waals surface area contributed by atoms with E-state index >= 15 is 0 Å². The standard InChI is InChI=1S/C19H29N3O3S/c1-21(17-5-3-2-4-6-17)26(24,25)18-9-7-16(8-10-18)19(23)22-12-11-15(13-20)14-22/h7-10,15,17H,2-6,11-14,20H2,1H3. The Hall–Kier alpha value is -1.44. The highest BCUT2D eigenvalue weighted by atomic mass is 32.2. The summed E-state index contributed by atoms with van der Waals surface area (Å²) in [5.74, 6) is 0.313. The lowest BCUT2D eigenvalue weighted by atomic mass is 9.96. The van der Waals surface area contributed by atoms with E-state index in [0.717, 1.165) is 32.1 Å². The van der Waals surface area contributed by atoms with Gasteiger partial charge in [-0.3, -0.25) is 4.79 Å². The van der Waals surface area contributed by atoms with Gasteiger partial charge in [-0.2, -0.15) is 4.31 Å². The van der Waals surface area contributed by atoms with Gasteiger partial charge in [-0.15, -0.1) is 0 Å². The first-order valence-corrected chi connectivity index (χ1v) is 10.9. The van der Waals surface area contributed by atoms with E-state index < -0.39 is 10.0 Å². The number of nitrogens with zero attached hydrogens (tertiary/aromatic N) is 2. The Kier molecular flexibility index (Phi) is 5.99. The van der Waals surface area contributed by atoms with Crippen LogP contribution in [0.25, 0.3) is 0 Å². The number of nitrogens with two attached hydrogens (primary N) is 1. The molecule has 0 spiro atoms. The minimum atomic E-state index is -3.52. The Morgan fingerprint density at radius 1 is 1.15 bits per heavy atom. The average Bonchev–Trinajstić information content (AvgIpc) is 3.17. The van der Waals surface area contributed by atoms with Crippen LogP contribution in [0, 0.1) is 5.92 Å². The van der Waals surface area contributed by atoms with E-state index in [1.165, 1.54) is 10.7 Å². The predicted octanol–water partition coefficient (Wildman–Crippen LogP) is 2.06. The van der Waals surface area contributed by atoms with Gasteiger partial charge in [0, 0.05) is 31.7 Å². The predicted molar refractivity (Wildman–Crippen MR) is 101 cm³/mol. The van der Waals surface area contributed by atoms with E-state index in [9.17, 15) is 13.2 Å². The van der Waals surface area contributed by atoms with E-state index in [-0.39, 0.29) is 16.8 Å². The van der Waals surface area contributed by atoms with Crippen LogP contribution in [0.4, 0.5) is 0 Å². The maximum Gasteiger partial charge on any atom is 0.253 e. The van der Waals surface area contributed by atoms with Crippen molar-refractivity contribution < 1.29 is 13.2 Å². The summed E-state index contributed by atoms with van der Waals surface area (Å²) in [6, 6.07) is 6.43. The van der Waals surface area contributed by atoms with Crippen molar-refractivity contribution in [2.75, 3.05) is 26.7 Å². The molecule has 1 aromatic rings. The lowest BCUT2D eigenvalue weighted by molar-refractivity contribution is 0.0787. The molecule has 2 aliphatic rings. The van der Waals surface area contributed by atoms with Crippen LogP contribution in [0.15, 0.2) is 29.2 Å². The van der Waals surface area contributed by atoms with Crippen molar-refractivity contribution in [3.05, 3.63) is 29.8 Å². The van der Waals surface area contributed by atoms with Crippen LogP contribution in [0.5, 0.6) is 0 Å². The summed E-state index contributed by atoms with van der Waals surface area (Å²) in [5.41, 5.74) is 6.21. The van der Waals surface area contributed by atoms with Gasteiger partial charge in [0.25, 0.3) is 5.91 Å². The summed E-state index contributed by atoms with van der Waals surface area (Å²) in [5, 5.41) is 0. The fourth-order valence-corrected chi connectivity index (χ4v) is 5.38. The van der Waals surface area contributed by atoms with Crippen molar-refractivity contribution in [2.45, 2.75) is 49.5 Å². The van der Waals surface area contributed by atoms with Crippen LogP contribution in [-0.2, 0) is 10.0 Å². The van der Waals surface area contributed by atoms with Crippen molar-refractivity contribution >= 4 is 15.9 Å². The molecule has 6 nitrogen and oxygen atoms in total. The van der Waals surface area contributed by atoms with Crippen molar-refractivity contribution in [1.29, 1.82) is 0 Å². The van der Waals surface area contributed by atoms with Crippen LogP contribution < -0.4 is 5.73 Å². The first kappa shape index (κ1) is 19.3. The topological polar surface area (TPSA) is 83.7 Å². The zero-order valence-corrected chi connectivity index (χ0v) is 16.2. The Labute approximate surface area is 156 Å². The number of hydrogen-bond donors (Lipinski definition) is 1. The molecule has 3 rings (SSSR count). The third-order valence-corrected chi connectivity index (χ3v) is 7.70. The second kappa shape index (κ2) is 8.06. The van der Waals surface area contributed by atoms with Gasteiger partial charge in [0.15, 0.2) is 0 Å². The van der Waals surface area contributed by atoms with Crippen molar-refractivity contribution in [1.82, 2.24) is 9.21 Å². The first-order valence-electron chi connectivity index (χ1n) is 9.51. The Balaban J connectivity index is 1.71. The molecular weight excluding hydrogens is 350 g/mol. The molecule has 1 amide bonds. The molecule has 1 aromatic carbocycles. The molecule has 1 aliphatic carbocycles. The lowest BCUT2D eigenvalue weighted by Crippen LogP contribution is -2.38. The molecule has 0 radical (unpaired) electrons. The third kappa shape index (κ3) is 3.94. The fraction of sp³-hybridized carbons (Fsp3) is 0.632. The van der Waals surface area contributed by atoms with Gasteiger partial charge in [-0.1, -0.05) is 19.3 Å². The normalized spacial score (nSPS) is 22.1. The van der Waals surface area contributed by atoms with E-state index in [1.807, 2.05) is 0 Å². The molecule has 1 saturated carbocycles. The van der Waals surface area contributed by atoms with Crippen molar-refractivity contribution in [3.63, 3.8) is 0 Å². The molecule has 7 heteroatoms. The van der Waals surface area contributed by atoms with Crippen LogP contribution in [0.1, 0.15) is 48.9 Å². The highest BCUT2D eigenvalue weighted by molar-refractivity contribution is 7.89. The minimum absolute atomic E-state index is 0.0504. The number of carbonyl (C=O) groups excluding carboxylic acids is 1. The maximum atomic E-state index is 12.9. The molecule has 1 heterocycles. The lowest BCUT2D eigenvalue weighted by Gasteiger charge is -2.30. The maximum absolute atomic E-state index is 12.9. The van der Waals surface area contributed by atoms with Gasteiger partial charge in [0.05, 0.1) is 4.90 Å². The van der Waals surface area contributed by atoms with E-state index in [1.54, 1.807) is 36.2 Å². The average molecular weight is 380 g/mol. The number of amides is 1. The monoisotopic (exact) mass is 379 g/mol. The summed E-state index contributed by atoms with van der Waals surface area (Å²) < 4.78 is 27.2. The molecule has 2 fully saturated rings. The quantitative estimate of drug-likeness (QED) is 0.849. The molecule has 0 aromatic heterocycles. The van der Waals surface area contributed by atoms with E-state index in [2.05, 4.69) is 0 Å². The summed E-state index contributed by atoms with van der Waals surface area (Å²) in [6.45, 7) is 1.99. The number of likely N-dealkylation sites (tertiary alicyclic amines) is 1. The summed E-state index contributed by atoms with van der Waals surface area (Å²) >= 11 is 0. The first-order chi connectivity index (χ1) is 12.4. The second-order valence-corrected chi connectivity index (χ2v) is 9.48. The van der Waals surface area contributed by atoms with Gasteiger partial charge in [-0.05, 0) is 56.0 Å².